The van der Waals surface area contributed by atoms with Crippen LogP contribution in [0.5, 0.6) is 0 Å². The van der Waals surface area contributed by atoms with Crippen LogP contribution in [0.25, 0.3) is 11.2 Å². The fourth-order valence-corrected chi connectivity index (χ4v) is 3.83. The van der Waals surface area contributed by atoms with Crippen LogP contribution >= 0.6 is 11.8 Å². The molecular weight excluding hydrogens is 356 g/mol. The van der Waals surface area contributed by atoms with Crippen molar-refractivity contribution in [2.24, 2.45) is 0 Å². The Morgan fingerprint density at radius 3 is 2.62 bits per heavy atom. The van der Waals surface area contributed by atoms with Crippen LogP contribution in [-0.2, 0) is 10.5 Å². The molecule has 4 atom stereocenters. The lowest BCUT2D eigenvalue weighted by Crippen LogP contribution is -2.33. The number of ether oxygens (including phenoxy) is 1. The second-order valence-electron chi connectivity index (χ2n) is 5.98. The molecule has 26 heavy (non-hydrogen) atoms. The summed E-state index contributed by atoms with van der Waals surface area (Å²) < 4.78 is 7.13. The third kappa shape index (κ3) is 3.08. The first kappa shape index (κ1) is 17.4. The summed E-state index contributed by atoms with van der Waals surface area (Å²) in [4.78, 5) is 14.1. The molecule has 3 N–H and O–H groups in total. The van der Waals surface area contributed by atoms with Gasteiger partial charge in [0.1, 0.15) is 30.2 Å². The van der Waals surface area contributed by atoms with Gasteiger partial charge in [-0.15, -0.1) is 11.8 Å². The lowest BCUT2D eigenvalue weighted by Gasteiger charge is -2.16. The number of nitrogens with zero attached hydrogens (tertiary/aromatic N) is 4. The van der Waals surface area contributed by atoms with E-state index in [0.717, 1.165) is 10.6 Å². The number of hydrogen-bond donors (Lipinski definition) is 3. The van der Waals surface area contributed by atoms with Crippen molar-refractivity contribution in [2.75, 3.05) is 6.61 Å². The Morgan fingerprint density at radius 2 is 1.88 bits per heavy atom. The summed E-state index contributed by atoms with van der Waals surface area (Å²) in [5.41, 5.74) is 1.90. The third-order valence-corrected chi connectivity index (χ3v) is 5.37. The zero-order valence-electron chi connectivity index (χ0n) is 13.7. The molecule has 4 rings (SSSR count). The van der Waals surface area contributed by atoms with E-state index in [0.29, 0.717) is 16.9 Å². The van der Waals surface area contributed by atoms with Gasteiger partial charge in [-0.1, -0.05) is 18.2 Å². The average molecular weight is 374 g/mol. The van der Waals surface area contributed by atoms with Crippen LogP contribution in [0.3, 0.4) is 0 Å². The van der Waals surface area contributed by atoms with Crippen LogP contribution < -0.4 is 0 Å². The molecule has 2 aromatic heterocycles. The van der Waals surface area contributed by atoms with Gasteiger partial charge in [-0.25, -0.2) is 15.0 Å². The molecule has 136 valence electrons. The molecular formula is C17H18N4O4S. The van der Waals surface area contributed by atoms with E-state index >= 15 is 0 Å². The zero-order chi connectivity index (χ0) is 18.1. The second-order valence-corrected chi connectivity index (χ2v) is 7.02. The Kier molecular flexibility index (Phi) is 4.88. The molecule has 0 spiro atoms. The summed E-state index contributed by atoms with van der Waals surface area (Å²) in [6.45, 7) is -0.380. The van der Waals surface area contributed by atoms with Crippen LogP contribution in [0, 0.1) is 0 Å². The molecule has 9 heteroatoms. The van der Waals surface area contributed by atoms with Crippen LogP contribution in [-0.4, -0.2) is 59.8 Å². The molecule has 1 aliphatic rings. The lowest BCUT2D eigenvalue weighted by molar-refractivity contribution is -0.0511. The van der Waals surface area contributed by atoms with Crippen molar-refractivity contribution < 1.29 is 20.1 Å². The summed E-state index contributed by atoms with van der Waals surface area (Å²) in [6, 6.07) is 9.99. The summed E-state index contributed by atoms with van der Waals surface area (Å²) in [5, 5.41) is 29.4. The van der Waals surface area contributed by atoms with Gasteiger partial charge < -0.3 is 20.1 Å². The van der Waals surface area contributed by atoms with Crippen molar-refractivity contribution in [3.05, 3.63) is 48.7 Å². The van der Waals surface area contributed by atoms with E-state index < -0.39 is 24.5 Å². The minimum Gasteiger partial charge on any atom is -0.394 e. The predicted octanol–water partition coefficient (Wildman–Crippen LogP) is 0.730. The molecule has 3 aromatic rings. The molecule has 1 aromatic carbocycles. The molecule has 8 nitrogen and oxygen atoms in total. The maximum atomic E-state index is 10.2. The van der Waals surface area contributed by atoms with Crippen molar-refractivity contribution in [2.45, 2.75) is 35.2 Å². The number of imidazole rings is 1. The van der Waals surface area contributed by atoms with Gasteiger partial charge in [0.05, 0.1) is 18.6 Å². The van der Waals surface area contributed by atoms with Gasteiger partial charge >= 0.3 is 0 Å². The predicted molar refractivity (Wildman–Crippen MR) is 94.3 cm³/mol. The van der Waals surface area contributed by atoms with Crippen LogP contribution in [0.1, 0.15) is 11.9 Å². The zero-order valence-corrected chi connectivity index (χ0v) is 14.5. The second kappa shape index (κ2) is 7.29. The number of aromatic nitrogens is 4. The highest BCUT2D eigenvalue weighted by molar-refractivity contribution is 7.98. The molecule has 0 aliphatic carbocycles. The highest BCUT2D eigenvalue weighted by Crippen LogP contribution is 2.32. The van der Waals surface area contributed by atoms with E-state index in [4.69, 9.17) is 4.74 Å². The topological polar surface area (TPSA) is 114 Å². The van der Waals surface area contributed by atoms with Crippen LogP contribution in [0.15, 0.2) is 47.9 Å². The Morgan fingerprint density at radius 1 is 1.08 bits per heavy atom. The van der Waals surface area contributed by atoms with E-state index in [9.17, 15) is 15.3 Å². The summed E-state index contributed by atoms with van der Waals surface area (Å²) in [6.07, 6.45) is -1.10. The molecule has 1 aliphatic heterocycles. The molecule has 1 fully saturated rings. The van der Waals surface area contributed by atoms with Gasteiger partial charge in [0.25, 0.3) is 0 Å². The maximum Gasteiger partial charge on any atom is 0.165 e. The number of benzene rings is 1. The molecule has 0 saturated carbocycles. The smallest absolute Gasteiger partial charge is 0.165 e. The van der Waals surface area contributed by atoms with Gasteiger partial charge in [-0.3, -0.25) is 4.57 Å². The quantitative estimate of drug-likeness (QED) is 0.560. The lowest BCUT2D eigenvalue weighted by atomic mass is 10.1. The maximum absolute atomic E-state index is 10.2. The number of aliphatic hydroxyl groups is 3. The first-order chi connectivity index (χ1) is 12.7. The molecule has 0 amide bonds. The Hall–Kier alpha value is -2.04. The standard InChI is InChI=1S/C17H18N4O4S/c22-6-12-14(23)15(24)17(25-12)21-9-20-13-11(18-8-19-16(13)21)7-26-10-4-2-1-3-5-10/h1-5,8-9,12,14-15,17,22-24H,6-7H2/t12-,14-,15-,17-/m1/s1. The Labute approximate surface area is 153 Å². The van der Waals surface area contributed by atoms with E-state index in [-0.39, 0.29) is 6.61 Å². The van der Waals surface area contributed by atoms with Crippen LogP contribution in [0.2, 0.25) is 0 Å². The number of rotatable bonds is 5. The van der Waals surface area contributed by atoms with Crippen molar-refractivity contribution in [1.29, 1.82) is 0 Å². The fourth-order valence-electron chi connectivity index (χ4n) is 2.97. The largest absolute Gasteiger partial charge is 0.394 e. The molecule has 1 saturated heterocycles. The van der Waals surface area contributed by atoms with Crippen molar-refractivity contribution >= 4 is 22.9 Å². The van der Waals surface area contributed by atoms with Crippen molar-refractivity contribution in [3.63, 3.8) is 0 Å². The van der Waals surface area contributed by atoms with Gasteiger partial charge in [0, 0.05) is 10.6 Å². The highest BCUT2D eigenvalue weighted by atomic mass is 32.2. The Bertz CT molecular complexity index is 891. The molecule has 0 radical (unpaired) electrons. The van der Waals surface area contributed by atoms with E-state index in [1.165, 1.54) is 12.7 Å². The van der Waals surface area contributed by atoms with Gasteiger partial charge in [-0.2, -0.15) is 0 Å². The monoisotopic (exact) mass is 374 g/mol. The number of hydrogen-bond acceptors (Lipinski definition) is 8. The minimum atomic E-state index is -1.18. The normalized spacial score (nSPS) is 25.8. The Balaban J connectivity index is 1.61. The van der Waals surface area contributed by atoms with Gasteiger partial charge in [0.2, 0.25) is 0 Å². The summed E-state index contributed by atoms with van der Waals surface area (Å²) >= 11 is 1.64. The molecule has 0 unspecified atom stereocenters. The summed E-state index contributed by atoms with van der Waals surface area (Å²) in [7, 11) is 0. The first-order valence-electron chi connectivity index (χ1n) is 8.15. The molecule has 3 heterocycles. The van der Waals surface area contributed by atoms with Crippen molar-refractivity contribution in [1.82, 2.24) is 19.5 Å². The highest BCUT2D eigenvalue weighted by Gasteiger charge is 2.43. The third-order valence-electron chi connectivity index (χ3n) is 4.34. The van der Waals surface area contributed by atoms with Crippen LogP contribution in [0.4, 0.5) is 0 Å². The summed E-state index contributed by atoms with van der Waals surface area (Å²) in [5.74, 6) is 0.621. The van der Waals surface area contributed by atoms with E-state index in [2.05, 4.69) is 15.0 Å². The van der Waals surface area contributed by atoms with E-state index in [1.807, 2.05) is 30.3 Å². The van der Waals surface area contributed by atoms with Crippen molar-refractivity contribution in [3.8, 4) is 0 Å². The first-order valence-corrected chi connectivity index (χ1v) is 9.14. The molecule has 0 bridgehead atoms. The SMILES string of the molecule is OC[C@H]1O[C@@H](n2cnc3c(CSc4ccccc4)ncnc32)[C@H](O)[C@@H]1O. The minimum absolute atomic E-state index is 0.380. The number of thioether (sulfide) groups is 1. The van der Waals surface area contributed by atoms with Gasteiger partial charge in [0.15, 0.2) is 11.9 Å². The average Bonchev–Trinajstić information content (AvgIpc) is 3.23. The van der Waals surface area contributed by atoms with Gasteiger partial charge in [-0.05, 0) is 12.1 Å². The van der Waals surface area contributed by atoms with E-state index in [1.54, 1.807) is 16.3 Å². The number of fused-ring (bicyclic) bond motifs is 1. The fraction of sp³-hybridized carbons (Fsp3) is 0.353. The number of aliphatic hydroxyl groups excluding tert-OH is 3.